The maximum atomic E-state index is 13.0. The third kappa shape index (κ3) is 11.5. The highest BCUT2D eigenvalue weighted by molar-refractivity contribution is 7.80. The molecule has 0 saturated carbocycles. The third-order valence-corrected chi connectivity index (χ3v) is 12.4. The van der Waals surface area contributed by atoms with Gasteiger partial charge in [0.15, 0.2) is 5.11 Å². The Morgan fingerprint density at radius 1 is 0.770 bits per heavy atom. The first kappa shape index (κ1) is 46.0. The molecule has 0 aromatic heterocycles. The van der Waals surface area contributed by atoms with Crippen LogP contribution in [0.15, 0.2) is 83.3 Å². The predicted molar refractivity (Wildman–Crippen MR) is 252 cm³/mol. The van der Waals surface area contributed by atoms with Crippen molar-refractivity contribution >= 4 is 51.3 Å². The van der Waals surface area contributed by atoms with Gasteiger partial charge in [0.2, 0.25) is 5.36 Å². The summed E-state index contributed by atoms with van der Waals surface area (Å²) in [5, 5.41) is 23.2. The number of aromatic carboxylic acids is 1. The predicted octanol–water partition coefficient (Wildman–Crippen LogP) is 4.18. The number of fused-ring (bicyclic) bond motifs is 13. The van der Waals surface area contributed by atoms with Crippen LogP contribution in [0.3, 0.4) is 0 Å². The number of nitrogens with zero attached hydrogens (tertiary/aromatic N) is 5. The summed E-state index contributed by atoms with van der Waals surface area (Å²) in [5.74, 6) is -0.315. The molecule has 2 bridgehead atoms. The lowest BCUT2D eigenvalue weighted by Gasteiger charge is -2.35. The minimum Gasteiger partial charge on any atom is -1.00 e. The first-order valence-corrected chi connectivity index (χ1v) is 22.4. The molecule has 13 heteroatoms. The topological polar surface area (TPSA) is 103 Å². The first-order valence-electron chi connectivity index (χ1n) is 22.0. The highest BCUT2D eigenvalue weighted by Crippen LogP contribution is 2.42. The lowest BCUT2D eigenvalue weighted by atomic mass is 9.90. The van der Waals surface area contributed by atoms with Crippen molar-refractivity contribution in [2.75, 3.05) is 107 Å². The van der Waals surface area contributed by atoms with Crippen molar-refractivity contribution in [3.05, 3.63) is 95.3 Å². The Hall–Kier alpha value is -4.56. The van der Waals surface area contributed by atoms with Crippen LogP contribution in [0.2, 0.25) is 0 Å². The van der Waals surface area contributed by atoms with Crippen LogP contribution in [0.4, 0.5) is 17.1 Å². The summed E-state index contributed by atoms with van der Waals surface area (Å²) in [6, 6.07) is 26.3. The molecule has 3 aromatic rings. The van der Waals surface area contributed by atoms with Crippen molar-refractivity contribution in [3.63, 3.8) is 0 Å². The first-order chi connectivity index (χ1) is 29.3. The van der Waals surface area contributed by atoms with Crippen molar-refractivity contribution in [1.82, 2.24) is 24.6 Å². The summed E-state index contributed by atoms with van der Waals surface area (Å²) in [6.45, 7) is 24.2. The van der Waals surface area contributed by atoms with Gasteiger partial charge < -0.3 is 52.6 Å². The molecule has 0 radical (unpaired) electrons. The molecule has 11 nitrogen and oxygen atoms in total. The number of hydrogen-bond donors (Lipinski definition) is 4. The molecule has 3 fully saturated rings. The van der Waals surface area contributed by atoms with Crippen LogP contribution in [-0.4, -0.2) is 123 Å². The monoisotopic (exact) mass is 866 g/mol. The smallest absolute Gasteiger partial charge is 0.336 e. The van der Waals surface area contributed by atoms with Crippen LogP contribution in [0, 0.1) is 0 Å². The highest BCUT2D eigenvalue weighted by Gasteiger charge is 2.24. The number of nitrogens with one attached hydrogen (secondary N) is 3. The van der Waals surface area contributed by atoms with Crippen LogP contribution in [0.1, 0.15) is 56.5 Å². The van der Waals surface area contributed by atoms with E-state index >= 15 is 0 Å². The Bertz CT molecular complexity index is 2280. The van der Waals surface area contributed by atoms with Gasteiger partial charge in [-0.2, -0.15) is 0 Å². The highest BCUT2D eigenvalue weighted by atomic mass is 35.5. The van der Waals surface area contributed by atoms with Crippen LogP contribution in [0.5, 0.6) is 0 Å². The van der Waals surface area contributed by atoms with Crippen LogP contribution in [0.25, 0.3) is 33.4 Å². The zero-order chi connectivity index (χ0) is 42.0. The van der Waals surface area contributed by atoms with Crippen molar-refractivity contribution in [1.29, 1.82) is 0 Å². The molecular formula is C48H63ClN8O3S. The summed E-state index contributed by atoms with van der Waals surface area (Å²) >= 11 is 5.75. The van der Waals surface area contributed by atoms with Crippen molar-refractivity contribution in [2.24, 2.45) is 0 Å². The Kier molecular flexibility index (Phi) is 16.6. The zero-order valence-electron chi connectivity index (χ0n) is 36.3. The molecule has 4 aliphatic heterocycles. The number of anilines is 3. The second kappa shape index (κ2) is 22.0. The van der Waals surface area contributed by atoms with Gasteiger partial charge in [-0.05, 0) is 133 Å². The Labute approximate surface area is 373 Å². The van der Waals surface area contributed by atoms with Gasteiger partial charge in [0.1, 0.15) is 24.4 Å². The summed E-state index contributed by atoms with van der Waals surface area (Å²) in [6.07, 6.45) is 2.38. The summed E-state index contributed by atoms with van der Waals surface area (Å²) in [4.78, 5) is 23.1. The number of thiocarbonyl (C=S) groups is 1. The molecule has 3 saturated heterocycles. The lowest BCUT2D eigenvalue weighted by molar-refractivity contribution is -0.0000279. The van der Waals surface area contributed by atoms with Crippen molar-refractivity contribution in [2.45, 2.75) is 47.1 Å². The Balaban J connectivity index is 0.00000622. The van der Waals surface area contributed by atoms with Crippen molar-refractivity contribution in [3.8, 4) is 22.5 Å². The molecule has 4 heterocycles. The molecule has 8 rings (SSSR count). The molecule has 3 aromatic carbocycles. The van der Waals surface area contributed by atoms with Gasteiger partial charge in [-0.1, -0.05) is 18.2 Å². The Morgan fingerprint density at radius 2 is 1.44 bits per heavy atom. The number of carboxylic acid groups (broad SMARTS) is 1. The Morgan fingerprint density at radius 3 is 2.13 bits per heavy atom. The van der Waals surface area contributed by atoms with E-state index in [1.54, 1.807) is 6.07 Å². The molecule has 326 valence electrons. The van der Waals surface area contributed by atoms with Crippen LogP contribution < -0.4 is 43.2 Å². The third-order valence-electron chi connectivity index (χ3n) is 12.2. The molecule has 0 amide bonds. The van der Waals surface area contributed by atoms with E-state index in [2.05, 4.69) is 128 Å². The van der Waals surface area contributed by atoms with E-state index in [0.717, 1.165) is 98.7 Å². The van der Waals surface area contributed by atoms with E-state index in [4.69, 9.17) is 16.6 Å². The number of carboxylic acids is 1. The van der Waals surface area contributed by atoms with E-state index in [1.807, 2.05) is 12.1 Å². The average Bonchev–Trinajstić information content (AvgIpc) is 3.25. The van der Waals surface area contributed by atoms with Gasteiger partial charge in [-0.15, -0.1) is 0 Å². The summed E-state index contributed by atoms with van der Waals surface area (Å²) < 4.78 is 8.92. The lowest BCUT2D eigenvalue weighted by Crippen LogP contribution is -3.00. The van der Waals surface area contributed by atoms with Gasteiger partial charge in [-0.25, -0.2) is 9.37 Å². The fourth-order valence-electron chi connectivity index (χ4n) is 8.80. The molecule has 5 aliphatic rings. The van der Waals surface area contributed by atoms with E-state index < -0.39 is 5.97 Å². The molecular weight excluding hydrogens is 804 g/mol. The number of piperazine rings is 1. The number of rotatable bonds is 11. The van der Waals surface area contributed by atoms with E-state index in [0.29, 0.717) is 27.7 Å². The van der Waals surface area contributed by atoms with E-state index in [9.17, 15) is 9.90 Å². The molecule has 0 atom stereocenters. The molecule has 0 spiro atoms. The largest absolute Gasteiger partial charge is 1.00 e. The van der Waals surface area contributed by atoms with Gasteiger partial charge in [0, 0.05) is 105 Å². The van der Waals surface area contributed by atoms with Crippen LogP contribution in [-0.2, 0) is 6.54 Å². The second-order valence-corrected chi connectivity index (χ2v) is 16.3. The van der Waals surface area contributed by atoms with Crippen LogP contribution >= 0.6 is 12.2 Å². The number of hydrogen-bond acceptors (Lipinski definition) is 8. The van der Waals surface area contributed by atoms with Gasteiger partial charge in [0.05, 0.1) is 11.6 Å². The quantitative estimate of drug-likeness (QED) is 0.0875. The average molecular weight is 868 g/mol. The van der Waals surface area contributed by atoms with E-state index in [1.165, 1.54) is 51.1 Å². The van der Waals surface area contributed by atoms with Crippen molar-refractivity contribution < 1.29 is 26.7 Å². The number of benzene rings is 4. The summed E-state index contributed by atoms with van der Waals surface area (Å²) in [7, 11) is 0. The SMILES string of the molecule is CCN(CC)c1ccc2c(-c3ccc(NC(=S)Nc4ccc(CN5CCCN6CCN(CCCNCC5)CC6)cc4)cc3C(=O)O)c3ccc(=[N+](CC)CC)cc-3oc2c1.[Cl-]. The van der Waals surface area contributed by atoms with Gasteiger partial charge in [-0.3, -0.25) is 4.90 Å². The minimum absolute atomic E-state index is 0. The molecule has 4 N–H and O–H groups in total. The van der Waals surface area contributed by atoms with Gasteiger partial charge in [0.25, 0.3) is 0 Å². The van der Waals surface area contributed by atoms with E-state index in [-0.39, 0.29) is 18.0 Å². The number of carbonyl (C=O) groups is 1. The molecule has 1 aliphatic carbocycles. The standard InChI is InChI=1S/C48H62N8O3S.ClH/c1-5-55(6-2)38-16-19-41-44(32-38)59-45-33-39(56(7-3)8-4)17-20-42(45)46(41)40-18-15-37(31-43(40)47(57)58)51-48(60)50-36-13-11-35(12-14-36)34-54-25-10-24-53-29-27-52(28-30-53)23-9-21-49-22-26-54;/h11-20,31-33,49H,5-10,21-30,34H2,1-4H3,(H2,50,57,58,60);1H. The summed E-state index contributed by atoms with van der Waals surface area (Å²) in [5.41, 5.74) is 6.95. The fraction of sp³-hybridized carbons (Fsp3) is 0.438. The number of halogens is 1. The molecule has 61 heavy (non-hydrogen) atoms. The maximum Gasteiger partial charge on any atom is 0.336 e. The van der Waals surface area contributed by atoms with Gasteiger partial charge >= 0.3 is 5.97 Å². The maximum absolute atomic E-state index is 13.0. The molecule has 0 unspecified atom stereocenters. The normalized spacial score (nSPS) is 17.6. The fourth-order valence-corrected chi connectivity index (χ4v) is 9.04. The minimum atomic E-state index is -1.02. The second-order valence-electron chi connectivity index (χ2n) is 15.9. The zero-order valence-corrected chi connectivity index (χ0v) is 37.9.